The number of carbonyl (C=O) groups excluding carboxylic acids is 1. The molecule has 0 radical (unpaired) electrons. The van der Waals surface area contributed by atoms with Gasteiger partial charge in [-0.1, -0.05) is 30.7 Å². The molecule has 1 spiro atoms. The highest BCUT2D eigenvalue weighted by Gasteiger charge is 2.49. The summed E-state index contributed by atoms with van der Waals surface area (Å²) in [6, 6.07) is 6.45. The molecule has 1 saturated heterocycles. The van der Waals surface area contributed by atoms with Crippen molar-refractivity contribution in [3.8, 4) is 0 Å². The van der Waals surface area contributed by atoms with E-state index < -0.39 is 5.54 Å². The molecule has 2 fully saturated rings. The van der Waals surface area contributed by atoms with E-state index in [4.69, 9.17) is 4.74 Å². The maximum atomic E-state index is 12.3. The van der Waals surface area contributed by atoms with Crippen LogP contribution in [0.3, 0.4) is 0 Å². The molecule has 1 saturated carbocycles. The number of cyclic esters (lactones) is 1. The molecule has 0 amide bonds. The summed E-state index contributed by atoms with van der Waals surface area (Å²) >= 11 is 0. The fraction of sp³-hybridized carbons (Fsp3) is 0.611. The van der Waals surface area contributed by atoms with Crippen LogP contribution < -0.4 is 5.32 Å². The Bertz CT molecular complexity index is 544. The van der Waals surface area contributed by atoms with Gasteiger partial charge in [0, 0.05) is 6.42 Å². The van der Waals surface area contributed by atoms with E-state index in [-0.39, 0.29) is 12.2 Å². The van der Waals surface area contributed by atoms with Gasteiger partial charge in [0.2, 0.25) is 0 Å². The van der Waals surface area contributed by atoms with Crippen molar-refractivity contribution in [1.29, 1.82) is 0 Å². The van der Waals surface area contributed by atoms with Crippen molar-refractivity contribution in [1.82, 2.24) is 5.32 Å². The van der Waals surface area contributed by atoms with Gasteiger partial charge in [-0.15, -0.1) is 0 Å². The summed E-state index contributed by atoms with van der Waals surface area (Å²) < 4.78 is 5.64. The highest BCUT2D eigenvalue weighted by Crippen LogP contribution is 2.36. The summed E-state index contributed by atoms with van der Waals surface area (Å²) in [7, 11) is 0. The minimum atomic E-state index is -0.408. The van der Waals surface area contributed by atoms with Crippen LogP contribution in [0.25, 0.3) is 0 Å². The smallest absolute Gasteiger partial charge is 0.328 e. The number of benzene rings is 1. The zero-order valence-corrected chi connectivity index (χ0v) is 13.2. The van der Waals surface area contributed by atoms with Crippen molar-refractivity contribution in [3.05, 3.63) is 34.9 Å². The van der Waals surface area contributed by atoms with E-state index in [1.165, 1.54) is 16.7 Å². The predicted molar refractivity (Wildman–Crippen MR) is 83.0 cm³/mol. The quantitative estimate of drug-likeness (QED) is 0.848. The van der Waals surface area contributed by atoms with Crippen molar-refractivity contribution in [2.24, 2.45) is 5.92 Å². The van der Waals surface area contributed by atoms with Gasteiger partial charge in [0.1, 0.15) is 5.54 Å². The number of carbonyl (C=O) groups is 1. The van der Waals surface area contributed by atoms with E-state index in [0.717, 1.165) is 38.0 Å². The molecular formula is C18H25NO2. The average molecular weight is 287 g/mol. The minimum Gasteiger partial charge on any atom is -0.445 e. The Hall–Kier alpha value is -1.35. The highest BCUT2D eigenvalue weighted by atomic mass is 16.6. The van der Waals surface area contributed by atoms with Crippen LogP contribution in [0.1, 0.15) is 49.3 Å². The standard InChI is InChI=1S/C18H25NO2/c1-12-6-8-18(9-7-12)17(20)21-16(19-18)11-15-10-13(2)4-5-14(15)3/h4-5,10,12,16,19H,6-9,11H2,1-3H3/t12?,16-,18?/m1/s1. The first kappa shape index (κ1) is 14.6. The maximum absolute atomic E-state index is 12.3. The van der Waals surface area contributed by atoms with Gasteiger partial charge in [-0.25, -0.2) is 4.79 Å². The Morgan fingerprint density at radius 3 is 2.71 bits per heavy atom. The molecule has 0 bridgehead atoms. The second-order valence-corrected chi connectivity index (χ2v) is 6.94. The summed E-state index contributed by atoms with van der Waals surface area (Å²) in [6.45, 7) is 6.48. The fourth-order valence-corrected chi connectivity index (χ4v) is 3.55. The average Bonchev–Trinajstić information content (AvgIpc) is 2.74. The first-order chi connectivity index (χ1) is 9.98. The minimum absolute atomic E-state index is 0.0373. The molecule has 1 aliphatic heterocycles. The van der Waals surface area contributed by atoms with Gasteiger partial charge in [0.05, 0.1) is 0 Å². The summed E-state index contributed by atoms with van der Waals surface area (Å²) in [5.74, 6) is 0.688. The number of ether oxygens (including phenoxy) is 1. The molecule has 0 aromatic heterocycles. The fourth-order valence-electron chi connectivity index (χ4n) is 3.55. The summed E-state index contributed by atoms with van der Waals surface area (Å²) in [6.07, 6.45) is 4.63. The van der Waals surface area contributed by atoms with Gasteiger partial charge < -0.3 is 4.74 Å². The second-order valence-electron chi connectivity index (χ2n) is 6.94. The topological polar surface area (TPSA) is 38.3 Å². The zero-order chi connectivity index (χ0) is 15.0. The zero-order valence-electron chi connectivity index (χ0n) is 13.2. The second kappa shape index (κ2) is 5.45. The van der Waals surface area contributed by atoms with Crippen LogP contribution in [-0.2, 0) is 16.0 Å². The molecule has 1 aromatic carbocycles. The number of esters is 1. The van der Waals surface area contributed by atoms with Gasteiger partial charge in [0.15, 0.2) is 6.23 Å². The largest absolute Gasteiger partial charge is 0.445 e. The van der Waals surface area contributed by atoms with Crippen LogP contribution in [-0.4, -0.2) is 17.7 Å². The lowest BCUT2D eigenvalue weighted by molar-refractivity contribution is -0.146. The molecule has 1 heterocycles. The molecule has 114 valence electrons. The first-order valence-corrected chi connectivity index (χ1v) is 8.03. The van der Waals surface area contributed by atoms with Gasteiger partial charge in [-0.3, -0.25) is 5.32 Å². The van der Waals surface area contributed by atoms with Gasteiger partial charge in [0.25, 0.3) is 0 Å². The third-order valence-electron chi connectivity index (χ3n) is 5.12. The normalized spacial score (nSPS) is 32.4. The molecule has 21 heavy (non-hydrogen) atoms. The van der Waals surface area contributed by atoms with Crippen LogP contribution in [0.4, 0.5) is 0 Å². The third kappa shape index (κ3) is 2.84. The Balaban J connectivity index is 1.71. The molecular weight excluding hydrogens is 262 g/mol. The first-order valence-electron chi connectivity index (χ1n) is 8.03. The molecule has 1 N–H and O–H groups in total. The van der Waals surface area contributed by atoms with Crippen molar-refractivity contribution >= 4 is 5.97 Å². The van der Waals surface area contributed by atoms with Gasteiger partial charge in [-0.05, 0) is 56.6 Å². The molecule has 1 atom stereocenters. The predicted octanol–water partition coefficient (Wildman–Crippen LogP) is 3.27. The SMILES string of the molecule is Cc1ccc(C)c(C[C@@H]2NC3(CCC(C)CC3)C(=O)O2)c1. The third-order valence-corrected chi connectivity index (χ3v) is 5.12. The molecule has 3 heteroatoms. The molecule has 0 unspecified atom stereocenters. The molecule has 2 aliphatic rings. The molecule has 1 aliphatic carbocycles. The van der Waals surface area contributed by atoms with Crippen molar-refractivity contribution in [2.75, 3.05) is 0 Å². The summed E-state index contributed by atoms with van der Waals surface area (Å²) in [5, 5.41) is 3.50. The van der Waals surface area contributed by atoms with Crippen molar-refractivity contribution in [3.63, 3.8) is 0 Å². The Labute approximate surface area is 127 Å². The Kier molecular flexibility index (Phi) is 3.78. The van der Waals surface area contributed by atoms with Gasteiger partial charge in [-0.2, -0.15) is 0 Å². The van der Waals surface area contributed by atoms with Gasteiger partial charge >= 0.3 is 5.97 Å². The lowest BCUT2D eigenvalue weighted by Crippen LogP contribution is -2.50. The number of rotatable bonds is 2. The molecule has 3 rings (SSSR count). The number of nitrogens with one attached hydrogen (secondary N) is 1. The van der Waals surface area contributed by atoms with E-state index in [0.29, 0.717) is 0 Å². The van der Waals surface area contributed by atoms with Crippen LogP contribution in [0.15, 0.2) is 18.2 Å². The van der Waals surface area contributed by atoms with Crippen molar-refractivity contribution in [2.45, 2.75) is 64.6 Å². The van der Waals surface area contributed by atoms with Crippen LogP contribution >= 0.6 is 0 Å². The summed E-state index contributed by atoms with van der Waals surface area (Å²) in [4.78, 5) is 12.3. The number of hydrogen-bond donors (Lipinski definition) is 1. The lowest BCUT2D eigenvalue weighted by atomic mass is 9.77. The lowest BCUT2D eigenvalue weighted by Gasteiger charge is -2.32. The van der Waals surface area contributed by atoms with Crippen LogP contribution in [0.5, 0.6) is 0 Å². The van der Waals surface area contributed by atoms with E-state index in [1.807, 2.05) is 0 Å². The Morgan fingerprint density at radius 1 is 1.29 bits per heavy atom. The number of aryl methyl sites for hydroxylation is 2. The number of hydrogen-bond acceptors (Lipinski definition) is 3. The monoisotopic (exact) mass is 287 g/mol. The molecule has 1 aromatic rings. The Morgan fingerprint density at radius 2 is 2.00 bits per heavy atom. The van der Waals surface area contributed by atoms with Crippen LogP contribution in [0.2, 0.25) is 0 Å². The van der Waals surface area contributed by atoms with Crippen LogP contribution in [0, 0.1) is 19.8 Å². The van der Waals surface area contributed by atoms with E-state index in [1.54, 1.807) is 0 Å². The van der Waals surface area contributed by atoms with E-state index >= 15 is 0 Å². The molecule has 3 nitrogen and oxygen atoms in total. The maximum Gasteiger partial charge on any atom is 0.328 e. The van der Waals surface area contributed by atoms with Crippen molar-refractivity contribution < 1.29 is 9.53 Å². The van der Waals surface area contributed by atoms with E-state index in [2.05, 4.69) is 44.3 Å². The van der Waals surface area contributed by atoms with E-state index in [9.17, 15) is 4.79 Å². The highest BCUT2D eigenvalue weighted by molar-refractivity contribution is 5.83. The summed E-state index contributed by atoms with van der Waals surface area (Å²) in [5.41, 5.74) is 3.37.